The van der Waals surface area contributed by atoms with Crippen LogP contribution in [0.1, 0.15) is 20.8 Å². The van der Waals surface area contributed by atoms with E-state index in [0.29, 0.717) is 0 Å². The molecule has 0 aliphatic carbocycles. The summed E-state index contributed by atoms with van der Waals surface area (Å²) in [4.78, 5) is 67.0. The van der Waals surface area contributed by atoms with Crippen LogP contribution in [0.15, 0.2) is 15.9 Å². The molecule has 0 spiro atoms. The normalized spacial score (nSPS) is 23.7. The molecular formula is C16H18N4O9. The standard InChI is InChI=1S/C16H18N4O9/c1-7(21)26-4-10-12(28-8(2)22)16(5-27-10,29-9(3)23)20-6-17-11-13(20)18-15(25)19-14(11)24/h6,10,12H,4-5H2,1-3H3,(H2,18,19,24,25)/t10-,12+,16-/m0/s1. The number of carbonyl (C=O) groups is 3. The molecule has 29 heavy (non-hydrogen) atoms. The predicted octanol–water partition coefficient (Wildman–Crippen LogP) is -1.48. The second-order valence-electron chi connectivity index (χ2n) is 6.34. The molecule has 1 saturated heterocycles. The first-order valence-corrected chi connectivity index (χ1v) is 8.46. The topological polar surface area (TPSA) is 172 Å². The lowest BCUT2D eigenvalue weighted by atomic mass is 10.0. The zero-order chi connectivity index (χ0) is 21.3. The number of nitrogens with one attached hydrogen (secondary N) is 2. The maximum absolute atomic E-state index is 12.0. The molecule has 0 bridgehead atoms. The Hall–Kier alpha value is -3.48. The molecule has 0 radical (unpaired) electrons. The van der Waals surface area contributed by atoms with Crippen LogP contribution in [0.5, 0.6) is 0 Å². The smallest absolute Gasteiger partial charge is 0.327 e. The van der Waals surface area contributed by atoms with Crippen molar-refractivity contribution in [2.24, 2.45) is 0 Å². The third-order valence-corrected chi connectivity index (χ3v) is 4.20. The molecule has 2 aromatic rings. The fraction of sp³-hybridized carbons (Fsp3) is 0.500. The Morgan fingerprint density at radius 2 is 1.93 bits per heavy atom. The van der Waals surface area contributed by atoms with Crippen LogP contribution in [0.3, 0.4) is 0 Å². The second-order valence-corrected chi connectivity index (χ2v) is 6.34. The largest absolute Gasteiger partial charge is 0.463 e. The minimum absolute atomic E-state index is 0.0751. The zero-order valence-corrected chi connectivity index (χ0v) is 15.7. The van der Waals surface area contributed by atoms with Crippen molar-refractivity contribution in [2.45, 2.75) is 38.7 Å². The van der Waals surface area contributed by atoms with E-state index in [1.807, 2.05) is 4.98 Å². The number of ether oxygens (including phenoxy) is 4. The number of esters is 3. The summed E-state index contributed by atoms with van der Waals surface area (Å²) in [6, 6.07) is 0. The lowest BCUT2D eigenvalue weighted by Crippen LogP contribution is -2.52. The minimum Gasteiger partial charge on any atom is -0.463 e. The van der Waals surface area contributed by atoms with Gasteiger partial charge in [-0.15, -0.1) is 0 Å². The van der Waals surface area contributed by atoms with Crippen molar-refractivity contribution < 1.29 is 33.3 Å². The monoisotopic (exact) mass is 410 g/mol. The van der Waals surface area contributed by atoms with Gasteiger partial charge in [0.1, 0.15) is 25.6 Å². The van der Waals surface area contributed by atoms with Gasteiger partial charge in [-0.05, 0) is 0 Å². The Labute approximate surface area is 161 Å². The number of fused-ring (bicyclic) bond motifs is 1. The second kappa shape index (κ2) is 7.50. The maximum Gasteiger partial charge on any atom is 0.327 e. The van der Waals surface area contributed by atoms with Crippen LogP contribution in [0.4, 0.5) is 0 Å². The van der Waals surface area contributed by atoms with Crippen molar-refractivity contribution in [3.63, 3.8) is 0 Å². The Kier molecular flexibility index (Phi) is 5.24. The van der Waals surface area contributed by atoms with E-state index in [2.05, 4.69) is 9.97 Å². The highest BCUT2D eigenvalue weighted by Crippen LogP contribution is 2.37. The molecular weight excluding hydrogens is 392 g/mol. The summed E-state index contributed by atoms with van der Waals surface area (Å²) < 4.78 is 22.6. The van der Waals surface area contributed by atoms with Crippen LogP contribution in [0.25, 0.3) is 11.2 Å². The summed E-state index contributed by atoms with van der Waals surface area (Å²) in [5.41, 5.74) is -3.61. The molecule has 0 saturated carbocycles. The summed E-state index contributed by atoms with van der Waals surface area (Å²) in [6.07, 6.45) is -1.12. The highest BCUT2D eigenvalue weighted by molar-refractivity contribution is 5.71. The van der Waals surface area contributed by atoms with E-state index in [9.17, 15) is 24.0 Å². The maximum atomic E-state index is 12.0. The van der Waals surface area contributed by atoms with Gasteiger partial charge >= 0.3 is 23.6 Å². The molecule has 3 heterocycles. The number of hydrogen-bond acceptors (Lipinski definition) is 10. The Morgan fingerprint density at radius 1 is 1.21 bits per heavy atom. The number of imidazole rings is 1. The van der Waals surface area contributed by atoms with E-state index < -0.39 is 47.1 Å². The van der Waals surface area contributed by atoms with Crippen molar-refractivity contribution in [1.29, 1.82) is 0 Å². The first kappa shape index (κ1) is 20.3. The first-order chi connectivity index (χ1) is 13.6. The summed E-state index contributed by atoms with van der Waals surface area (Å²) in [7, 11) is 0. The Balaban J connectivity index is 2.18. The van der Waals surface area contributed by atoms with Crippen LogP contribution in [0, 0.1) is 0 Å². The molecule has 1 aliphatic rings. The molecule has 2 aromatic heterocycles. The SMILES string of the molecule is CC(=O)OC[C@@H]1OC[C@@](OC(C)=O)(n2cnc3c(=O)[nH]c(=O)[nH]c32)[C@@H]1OC(C)=O. The molecule has 3 atom stereocenters. The van der Waals surface area contributed by atoms with E-state index in [1.165, 1.54) is 11.5 Å². The van der Waals surface area contributed by atoms with Crippen molar-refractivity contribution >= 4 is 29.1 Å². The van der Waals surface area contributed by atoms with Gasteiger partial charge in [0.2, 0.25) is 0 Å². The summed E-state index contributed by atoms with van der Waals surface area (Å²) in [5.74, 6) is -2.07. The van der Waals surface area contributed by atoms with Gasteiger partial charge in [0, 0.05) is 20.8 Å². The molecule has 2 N–H and O–H groups in total. The number of H-pyrrole nitrogens is 2. The molecule has 156 valence electrons. The highest BCUT2D eigenvalue weighted by Gasteiger charge is 2.58. The number of carbonyl (C=O) groups excluding carboxylic acids is 3. The van der Waals surface area contributed by atoms with E-state index >= 15 is 0 Å². The number of nitrogens with zero attached hydrogens (tertiary/aromatic N) is 2. The molecule has 3 rings (SSSR count). The van der Waals surface area contributed by atoms with Crippen molar-refractivity contribution in [3.8, 4) is 0 Å². The summed E-state index contributed by atoms with van der Waals surface area (Å²) >= 11 is 0. The molecule has 1 fully saturated rings. The highest BCUT2D eigenvalue weighted by atomic mass is 16.7. The molecule has 13 heteroatoms. The quantitative estimate of drug-likeness (QED) is 0.437. The van der Waals surface area contributed by atoms with Crippen LogP contribution in [-0.2, 0) is 39.1 Å². The fourth-order valence-electron chi connectivity index (χ4n) is 3.18. The average Bonchev–Trinajstić information content (AvgIpc) is 3.15. The lowest BCUT2D eigenvalue weighted by molar-refractivity contribution is -0.196. The molecule has 0 aromatic carbocycles. The molecule has 0 amide bonds. The van der Waals surface area contributed by atoms with Crippen LogP contribution < -0.4 is 11.2 Å². The van der Waals surface area contributed by atoms with Crippen LogP contribution in [-0.4, -0.2) is 62.8 Å². The van der Waals surface area contributed by atoms with Crippen molar-refractivity contribution in [2.75, 3.05) is 13.2 Å². The van der Waals surface area contributed by atoms with Gasteiger partial charge < -0.3 is 18.9 Å². The molecule has 1 aliphatic heterocycles. The average molecular weight is 410 g/mol. The number of aromatic amines is 2. The first-order valence-electron chi connectivity index (χ1n) is 8.46. The fourth-order valence-corrected chi connectivity index (χ4v) is 3.18. The van der Waals surface area contributed by atoms with Gasteiger partial charge in [0.05, 0.1) is 0 Å². The molecule has 0 unspecified atom stereocenters. The minimum atomic E-state index is -1.81. The third-order valence-electron chi connectivity index (χ3n) is 4.20. The summed E-state index contributed by atoms with van der Waals surface area (Å²) in [6.45, 7) is 2.82. The van der Waals surface area contributed by atoms with E-state index in [1.54, 1.807) is 0 Å². The Bertz CT molecular complexity index is 1080. The van der Waals surface area contributed by atoms with Gasteiger partial charge in [-0.1, -0.05) is 0 Å². The van der Waals surface area contributed by atoms with Gasteiger partial charge in [-0.3, -0.25) is 33.7 Å². The van der Waals surface area contributed by atoms with E-state index in [-0.39, 0.29) is 24.4 Å². The predicted molar refractivity (Wildman–Crippen MR) is 92.6 cm³/mol. The number of hydrogen-bond donors (Lipinski definition) is 2. The van der Waals surface area contributed by atoms with E-state index in [0.717, 1.165) is 20.2 Å². The molecule has 13 nitrogen and oxygen atoms in total. The van der Waals surface area contributed by atoms with E-state index in [4.69, 9.17) is 18.9 Å². The van der Waals surface area contributed by atoms with Crippen molar-refractivity contribution in [3.05, 3.63) is 27.2 Å². The third kappa shape index (κ3) is 3.76. The summed E-state index contributed by atoms with van der Waals surface area (Å²) in [5, 5.41) is 0. The number of rotatable bonds is 5. The van der Waals surface area contributed by atoms with Crippen LogP contribution >= 0.6 is 0 Å². The zero-order valence-electron chi connectivity index (χ0n) is 15.7. The van der Waals surface area contributed by atoms with Crippen LogP contribution in [0.2, 0.25) is 0 Å². The van der Waals surface area contributed by atoms with Gasteiger partial charge in [-0.25, -0.2) is 9.78 Å². The van der Waals surface area contributed by atoms with Gasteiger partial charge in [-0.2, -0.15) is 0 Å². The van der Waals surface area contributed by atoms with Crippen molar-refractivity contribution in [1.82, 2.24) is 19.5 Å². The lowest BCUT2D eigenvalue weighted by Gasteiger charge is -2.34. The number of aromatic nitrogens is 4. The van der Waals surface area contributed by atoms with Gasteiger partial charge in [0.25, 0.3) is 11.3 Å². The Morgan fingerprint density at radius 3 is 2.55 bits per heavy atom. The van der Waals surface area contributed by atoms with Gasteiger partial charge in [0.15, 0.2) is 17.3 Å².